The number of amides is 2. The van der Waals surface area contributed by atoms with E-state index < -0.39 is 28.5 Å². The van der Waals surface area contributed by atoms with Crippen molar-refractivity contribution >= 4 is 50.7 Å². The molecule has 0 aliphatic carbocycles. The van der Waals surface area contributed by atoms with E-state index in [4.69, 9.17) is 32.7 Å². The lowest BCUT2D eigenvalue weighted by Gasteiger charge is -2.33. The third kappa shape index (κ3) is 7.18. The number of likely N-dealkylation sites (N-methyl/N-ethyl adjacent to an activating group) is 1. The summed E-state index contributed by atoms with van der Waals surface area (Å²) in [6, 6.07) is 17.9. The molecule has 0 fully saturated rings. The van der Waals surface area contributed by atoms with Gasteiger partial charge in [-0.1, -0.05) is 59.6 Å². The van der Waals surface area contributed by atoms with Crippen LogP contribution in [0.1, 0.15) is 18.1 Å². The summed E-state index contributed by atoms with van der Waals surface area (Å²) in [5.41, 5.74) is 1.69. The smallest absolute Gasteiger partial charge is 0.244 e. The SMILES string of the molecule is CCNC(=O)[C@H](Cc1ccccc1)N(Cc1ccc(Cl)c(Cl)c1)C(=O)CN(c1ccc2c(c1)OCO2)S(C)(=O)=O. The zero-order valence-corrected chi connectivity index (χ0v) is 24.3. The van der Waals surface area contributed by atoms with E-state index in [1.807, 2.05) is 30.3 Å². The summed E-state index contributed by atoms with van der Waals surface area (Å²) >= 11 is 12.3. The maximum Gasteiger partial charge on any atom is 0.244 e. The van der Waals surface area contributed by atoms with Gasteiger partial charge in [0.2, 0.25) is 28.6 Å². The van der Waals surface area contributed by atoms with Crippen molar-refractivity contribution in [3.8, 4) is 11.5 Å². The Bertz CT molecular complexity index is 1490. The van der Waals surface area contributed by atoms with Crippen molar-refractivity contribution < 1.29 is 27.5 Å². The molecular formula is C28H29Cl2N3O6S. The van der Waals surface area contributed by atoms with E-state index in [1.54, 1.807) is 31.2 Å². The monoisotopic (exact) mass is 605 g/mol. The van der Waals surface area contributed by atoms with Gasteiger partial charge in [0.15, 0.2) is 11.5 Å². The molecular weight excluding hydrogens is 577 g/mol. The molecule has 40 heavy (non-hydrogen) atoms. The van der Waals surface area contributed by atoms with Gasteiger partial charge in [0.05, 0.1) is 22.0 Å². The molecule has 0 radical (unpaired) electrons. The number of nitrogens with one attached hydrogen (secondary N) is 1. The molecule has 3 aromatic carbocycles. The van der Waals surface area contributed by atoms with Gasteiger partial charge in [-0.05, 0) is 42.3 Å². The van der Waals surface area contributed by atoms with Crippen molar-refractivity contribution in [1.29, 1.82) is 0 Å². The van der Waals surface area contributed by atoms with Crippen LogP contribution in [0.25, 0.3) is 0 Å². The van der Waals surface area contributed by atoms with Crippen molar-refractivity contribution in [2.24, 2.45) is 0 Å². The molecule has 0 aromatic heterocycles. The first-order valence-electron chi connectivity index (χ1n) is 12.5. The average molecular weight is 607 g/mol. The number of halogens is 2. The number of hydrogen-bond donors (Lipinski definition) is 1. The molecule has 212 valence electrons. The van der Waals surface area contributed by atoms with Crippen LogP contribution in [-0.4, -0.2) is 57.3 Å². The lowest BCUT2D eigenvalue weighted by atomic mass is 10.0. The zero-order chi connectivity index (χ0) is 28.9. The average Bonchev–Trinajstić information content (AvgIpc) is 3.39. The zero-order valence-electron chi connectivity index (χ0n) is 22.0. The lowest BCUT2D eigenvalue weighted by molar-refractivity contribution is -0.140. The van der Waals surface area contributed by atoms with Crippen LogP contribution in [0, 0.1) is 0 Å². The number of anilines is 1. The largest absolute Gasteiger partial charge is 0.454 e. The summed E-state index contributed by atoms with van der Waals surface area (Å²) in [7, 11) is -3.91. The highest BCUT2D eigenvalue weighted by Gasteiger charge is 2.33. The molecule has 0 saturated carbocycles. The van der Waals surface area contributed by atoms with Crippen LogP contribution in [0.2, 0.25) is 10.0 Å². The molecule has 3 aromatic rings. The molecule has 1 N–H and O–H groups in total. The Labute approximate surface area is 243 Å². The summed E-state index contributed by atoms with van der Waals surface area (Å²) in [6.07, 6.45) is 1.22. The number of rotatable bonds is 11. The Kier molecular flexibility index (Phi) is 9.44. The Hall–Kier alpha value is -3.47. The minimum absolute atomic E-state index is 0.0108. The second kappa shape index (κ2) is 12.8. The highest BCUT2D eigenvalue weighted by Crippen LogP contribution is 2.36. The highest BCUT2D eigenvalue weighted by molar-refractivity contribution is 7.92. The fourth-order valence-electron chi connectivity index (χ4n) is 4.33. The Morgan fingerprint density at radius 1 is 0.950 bits per heavy atom. The van der Waals surface area contributed by atoms with Crippen LogP contribution in [0.15, 0.2) is 66.7 Å². The van der Waals surface area contributed by atoms with Crippen molar-refractivity contribution in [1.82, 2.24) is 10.2 Å². The lowest BCUT2D eigenvalue weighted by Crippen LogP contribution is -2.53. The fraction of sp³-hybridized carbons (Fsp3) is 0.286. The van der Waals surface area contributed by atoms with Gasteiger partial charge in [-0.25, -0.2) is 8.42 Å². The molecule has 4 rings (SSSR count). The van der Waals surface area contributed by atoms with E-state index in [1.165, 1.54) is 17.0 Å². The number of hydrogen-bond acceptors (Lipinski definition) is 6. The van der Waals surface area contributed by atoms with E-state index >= 15 is 0 Å². The standard InChI is InChI=1S/C28H29Cl2N3O6S/c1-3-31-28(35)24(14-19-7-5-4-6-8-19)32(16-20-9-11-22(29)23(30)13-20)27(34)17-33(40(2,36)37)21-10-12-25-26(15-21)39-18-38-25/h4-13,15,24H,3,14,16-18H2,1-2H3,(H,31,35)/t24-/m0/s1. The predicted molar refractivity (Wildman–Crippen MR) is 154 cm³/mol. The van der Waals surface area contributed by atoms with E-state index in [2.05, 4.69) is 5.32 Å². The van der Waals surface area contributed by atoms with Crippen LogP contribution in [0.4, 0.5) is 5.69 Å². The van der Waals surface area contributed by atoms with Crippen LogP contribution in [-0.2, 0) is 32.6 Å². The van der Waals surface area contributed by atoms with Gasteiger partial charge < -0.3 is 19.7 Å². The number of carbonyl (C=O) groups excluding carboxylic acids is 2. The van der Waals surface area contributed by atoms with E-state index in [0.717, 1.165) is 16.1 Å². The Balaban J connectivity index is 1.73. The summed E-state index contributed by atoms with van der Waals surface area (Å²) in [6.45, 7) is 1.59. The maximum absolute atomic E-state index is 14.0. The molecule has 1 aliphatic heterocycles. The Morgan fingerprint density at radius 3 is 2.35 bits per heavy atom. The minimum atomic E-state index is -3.91. The van der Waals surface area contributed by atoms with Crippen LogP contribution >= 0.6 is 23.2 Å². The number of benzene rings is 3. The summed E-state index contributed by atoms with van der Waals surface area (Å²) in [5.74, 6) is -0.102. The number of sulfonamides is 1. The first-order valence-corrected chi connectivity index (χ1v) is 15.1. The third-order valence-electron chi connectivity index (χ3n) is 6.28. The van der Waals surface area contributed by atoms with Gasteiger partial charge in [0, 0.05) is 25.6 Å². The van der Waals surface area contributed by atoms with E-state index in [-0.39, 0.29) is 31.4 Å². The van der Waals surface area contributed by atoms with Gasteiger partial charge in [0.25, 0.3) is 0 Å². The second-order valence-corrected chi connectivity index (χ2v) is 11.9. The molecule has 0 spiro atoms. The van der Waals surface area contributed by atoms with Crippen molar-refractivity contribution in [2.45, 2.75) is 25.9 Å². The number of carbonyl (C=O) groups is 2. The van der Waals surface area contributed by atoms with E-state index in [0.29, 0.717) is 33.7 Å². The van der Waals surface area contributed by atoms with Gasteiger partial charge in [-0.3, -0.25) is 13.9 Å². The molecule has 0 unspecified atom stereocenters. The second-order valence-electron chi connectivity index (χ2n) is 9.18. The van der Waals surface area contributed by atoms with Crippen molar-refractivity contribution in [3.05, 3.63) is 87.9 Å². The number of fused-ring (bicyclic) bond motifs is 1. The molecule has 1 aliphatic rings. The molecule has 1 heterocycles. The number of nitrogens with zero attached hydrogens (tertiary/aromatic N) is 2. The summed E-state index contributed by atoms with van der Waals surface area (Å²) < 4.78 is 37.5. The first kappa shape index (κ1) is 29.5. The first-order chi connectivity index (χ1) is 19.1. The quantitative estimate of drug-likeness (QED) is 0.350. The van der Waals surface area contributed by atoms with Gasteiger partial charge >= 0.3 is 0 Å². The predicted octanol–water partition coefficient (Wildman–Crippen LogP) is 4.26. The van der Waals surface area contributed by atoms with Gasteiger partial charge in [-0.2, -0.15) is 0 Å². The summed E-state index contributed by atoms with van der Waals surface area (Å²) in [5, 5.41) is 3.45. The number of ether oxygens (including phenoxy) is 2. The van der Waals surface area contributed by atoms with Gasteiger partial charge in [0.1, 0.15) is 12.6 Å². The fourth-order valence-corrected chi connectivity index (χ4v) is 5.50. The van der Waals surface area contributed by atoms with Gasteiger partial charge in [-0.15, -0.1) is 0 Å². The molecule has 12 heteroatoms. The molecule has 1 atom stereocenters. The highest BCUT2D eigenvalue weighted by atomic mass is 35.5. The third-order valence-corrected chi connectivity index (χ3v) is 8.16. The van der Waals surface area contributed by atoms with Crippen LogP contribution < -0.4 is 19.1 Å². The molecule has 0 bridgehead atoms. The van der Waals surface area contributed by atoms with Crippen molar-refractivity contribution in [3.63, 3.8) is 0 Å². The molecule has 2 amide bonds. The molecule has 0 saturated heterocycles. The Morgan fingerprint density at radius 2 is 1.68 bits per heavy atom. The van der Waals surface area contributed by atoms with Crippen molar-refractivity contribution in [2.75, 3.05) is 30.4 Å². The topological polar surface area (TPSA) is 105 Å². The van der Waals surface area contributed by atoms with Crippen LogP contribution in [0.3, 0.4) is 0 Å². The van der Waals surface area contributed by atoms with Crippen LogP contribution in [0.5, 0.6) is 11.5 Å². The van der Waals surface area contributed by atoms with E-state index in [9.17, 15) is 18.0 Å². The molecule has 9 nitrogen and oxygen atoms in total. The normalized spacial score (nSPS) is 13.0. The maximum atomic E-state index is 14.0. The summed E-state index contributed by atoms with van der Waals surface area (Å²) in [4.78, 5) is 28.8. The minimum Gasteiger partial charge on any atom is -0.454 e.